The van der Waals surface area contributed by atoms with Crippen LogP contribution in [0.5, 0.6) is 0 Å². The van der Waals surface area contributed by atoms with Gasteiger partial charge in [0.1, 0.15) is 0 Å². The quantitative estimate of drug-likeness (QED) is 0.0969. The fourth-order valence-corrected chi connectivity index (χ4v) is 6.88. The lowest BCUT2D eigenvalue weighted by molar-refractivity contribution is 0.0307. The molecule has 2 heterocycles. The van der Waals surface area contributed by atoms with Gasteiger partial charge in [0.15, 0.2) is 0 Å². The number of imide groups is 1. The van der Waals surface area contributed by atoms with Crippen LogP contribution in [0.4, 0.5) is 5.69 Å². The van der Waals surface area contributed by atoms with Crippen molar-refractivity contribution in [3.05, 3.63) is 98.5 Å². The highest BCUT2D eigenvalue weighted by atomic mass is 35.5. The number of carbonyl (C=O) groups is 4. The van der Waals surface area contributed by atoms with Crippen molar-refractivity contribution in [1.29, 1.82) is 0 Å². The lowest BCUT2D eigenvalue weighted by Gasteiger charge is -2.21. The van der Waals surface area contributed by atoms with Crippen LogP contribution in [0.15, 0.2) is 30.3 Å². The van der Waals surface area contributed by atoms with Gasteiger partial charge in [-0.05, 0) is 12.1 Å². The molecule has 0 fully saturated rings. The van der Waals surface area contributed by atoms with E-state index in [1.165, 1.54) is 24.3 Å². The van der Waals surface area contributed by atoms with Crippen molar-refractivity contribution in [3.8, 4) is 0 Å². The van der Waals surface area contributed by atoms with Gasteiger partial charge in [-0.1, -0.05) is 111 Å². The number of amides is 2. The highest BCUT2D eigenvalue weighted by molar-refractivity contribution is 6.57. The van der Waals surface area contributed by atoms with Crippen molar-refractivity contribution in [3.63, 3.8) is 0 Å². The Hall–Kier alpha value is -2.17. The molecule has 3 aromatic carbocycles. The second kappa shape index (κ2) is 9.67. The summed E-state index contributed by atoms with van der Waals surface area (Å²) in [6.45, 7) is 0. The molecule has 1 aromatic heterocycles. The van der Waals surface area contributed by atoms with Crippen LogP contribution >= 0.6 is 92.8 Å². The second-order valence-corrected chi connectivity index (χ2v) is 11.9. The molecule has 41 heavy (non-hydrogen) atoms. The van der Waals surface area contributed by atoms with E-state index in [0.717, 1.165) is 4.90 Å². The maximum atomic E-state index is 13.5. The van der Waals surface area contributed by atoms with Crippen LogP contribution in [0.1, 0.15) is 47.1 Å². The number of Topliss-reactive ketones (excluding diaryl/α,β-unsaturated/α-hetero) is 2. The van der Waals surface area contributed by atoms with E-state index in [9.17, 15) is 24.3 Å². The summed E-state index contributed by atoms with van der Waals surface area (Å²) in [6, 6.07) is 7.17. The van der Waals surface area contributed by atoms with E-state index in [2.05, 4.69) is 4.98 Å². The maximum absolute atomic E-state index is 13.5. The number of halogens is 8. The molecule has 4 aromatic rings. The number of hydrogen-bond acceptors (Lipinski definition) is 6. The maximum Gasteiger partial charge on any atom is 0.267 e. The Morgan fingerprint density at radius 2 is 1.02 bits per heavy atom. The number of ketones is 2. The number of fused-ring (bicyclic) bond motifs is 3. The van der Waals surface area contributed by atoms with Gasteiger partial charge in [0, 0.05) is 5.39 Å². The first kappa shape index (κ1) is 28.9. The van der Waals surface area contributed by atoms with Gasteiger partial charge in [0.2, 0.25) is 17.2 Å². The monoisotopic (exact) mass is 706 g/mol. The molecular formula is C26H6Cl8N2O5. The van der Waals surface area contributed by atoms with Crippen LogP contribution < -0.4 is 4.90 Å². The molecule has 0 saturated carbocycles. The first-order valence-corrected chi connectivity index (χ1v) is 14.1. The number of rotatable bonds is 2. The van der Waals surface area contributed by atoms with Crippen LogP contribution in [0, 0.1) is 0 Å². The highest BCUT2D eigenvalue weighted by Gasteiger charge is 2.57. The molecule has 7 nitrogen and oxygen atoms in total. The fraction of sp³-hybridized carbons (Fsp3) is 0.0385. The topological polar surface area (TPSA) is 105 Å². The Morgan fingerprint density at radius 3 is 1.49 bits per heavy atom. The molecular weight excluding hydrogens is 704 g/mol. The van der Waals surface area contributed by atoms with Crippen molar-refractivity contribution in [1.82, 2.24) is 4.98 Å². The highest BCUT2D eigenvalue weighted by Crippen LogP contribution is 2.50. The number of aromatic nitrogens is 1. The molecule has 2 aliphatic rings. The van der Waals surface area contributed by atoms with E-state index in [1.807, 2.05) is 0 Å². The van der Waals surface area contributed by atoms with Crippen molar-refractivity contribution < 1.29 is 24.3 Å². The summed E-state index contributed by atoms with van der Waals surface area (Å²) in [6.07, 6.45) is 0. The number of carbonyl (C=O) groups excluding carboxylic acids is 4. The largest absolute Gasteiger partial charge is 0.369 e. The third kappa shape index (κ3) is 3.68. The van der Waals surface area contributed by atoms with Crippen LogP contribution in [0.2, 0.25) is 40.2 Å². The van der Waals surface area contributed by atoms with Crippen LogP contribution in [-0.4, -0.2) is 33.5 Å². The summed E-state index contributed by atoms with van der Waals surface area (Å²) in [5.74, 6) is -4.04. The van der Waals surface area contributed by atoms with Crippen molar-refractivity contribution >= 4 is 133 Å². The summed E-state index contributed by atoms with van der Waals surface area (Å²) in [5, 5.41) is 9.68. The molecule has 15 heteroatoms. The lowest BCUT2D eigenvalue weighted by atomic mass is 9.92. The Labute approximate surface area is 269 Å². The molecule has 0 saturated heterocycles. The third-order valence-corrected chi connectivity index (χ3v) is 10.4. The van der Waals surface area contributed by atoms with E-state index in [-0.39, 0.29) is 62.5 Å². The normalized spacial score (nSPS) is 15.8. The van der Waals surface area contributed by atoms with Crippen LogP contribution in [-0.2, 0) is 5.60 Å². The number of hydrogen-bond donors (Lipinski definition) is 1. The molecule has 0 unspecified atom stereocenters. The van der Waals surface area contributed by atoms with Crippen molar-refractivity contribution in [2.24, 2.45) is 0 Å². The average Bonchev–Trinajstić information content (AvgIpc) is 3.34. The molecule has 0 radical (unpaired) electrons. The first-order chi connectivity index (χ1) is 19.2. The van der Waals surface area contributed by atoms with Gasteiger partial charge >= 0.3 is 0 Å². The van der Waals surface area contributed by atoms with Crippen LogP contribution in [0.25, 0.3) is 10.9 Å². The van der Waals surface area contributed by atoms with Gasteiger partial charge in [-0.3, -0.25) is 19.2 Å². The molecule has 1 N–H and O–H groups in total. The zero-order valence-electron chi connectivity index (χ0n) is 19.4. The zero-order valence-corrected chi connectivity index (χ0v) is 25.4. The molecule has 0 bridgehead atoms. The number of aliphatic hydroxyl groups is 1. The Balaban J connectivity index is 1.55. The molecule has 2 amide bonds. The Morgan fingerprint density at radius 1 is 0.585 bits per heavy atom. The third-order valence-electron chi connectivity index (χ3n) is 6.79. The van der Waals surface area contributed by atoms with Gasteiger partial charge in [-0.2, -0.15) is 0 Å². The average molecular weight is 710 g/mol. The summed E-state index contributed by atoms with van der Waals surface area (Å²) >= 11 is 49.4. The summed E-state index contributed by atoms with van der Waals surface area (Å²) in [4.78, 5) is 59.1. The lowest BCUT2D eigenvalue weighted by Crippen LogP contribution is -2.39. The minimum Gasteiger partial charge on any atom is -0.369 e. The van der Waals surface area contributed by atoms with Gasteiger partial charge in [-0.25, -0.2) is 9.88 Å². The molecule has 206 valence electrons. The summed E-state index contributed by atoms with van der Waals surface area (Å²) in [7, 11) is 0. The zero-order chi connectivity index (χ0) is 29.9. The molecule has 1 aliphatic heterocycles. The predicted octanol–water partition coefficient (Wildman–Crippen LogP) is 8.53. The first-order valence-electron chi connectivity index (χ1n) is 11.1. The minimum atomic E-state index is -2.89. The minimum absolute atomic E-state index is 0.0396. The molecule has 0 spiro atoms. The number of anilines is 1. The van der Waals surface area contributed by atoms with E-state index >= 15 is 0 Å². The van der Waals surface area contributed by atoms with Gasteiger partial charge < -0.3 is 5.11 Å². The smallest absolute Gasteiger partial charge is 0.267 e. The van der Waals surface area contributed by atoms with E-state index in [4.69, 9.17) is 92.8 Å². The number of benzene rings is 3. The second-order valence-electron chi connectivity index (χ2n) is 8.87. The molecule has 1 aliphatic carbocycles. The van der Waals surface area contributed by atoms with Gasteiger partial charge in [-0.15, -0.1) is 0 Å². The van der Waals surface area contributed by atoms with Crippen molar-refractivity contribution in [2.45, 2.75) is 5.60 Å². The van der Waals surface area contributed by atoms with Crippen molar-refractivity contribution in [2.75, 3.05) is 4.90 Å². The Bertz CT molecular complexity index is 1900. The summed E-state index contributed by atoms with van der Waals surface area (Å²) in [5.41, 5.74) is -4.82. The predicted molar refractivity (Wildman–Crippen MR) is 158 cm³/mol. The standard InChI is InChI=1S/C26H6Cl8N2O5/c27-13-9-10(14(28)18(32)17(13)31)23(38)26(41,22(9)37)8-5-4-6-2-1-3-7(21(6)35-8)36-24(39)11-12(25(36)40)16(30)20(34)19(33)15(11)29/h1-5,41H. The van der Waals surface area contributed by atoms with Crippen LogP contribution in [0.3, 0.4) is 0 Å². The van der Waals surface area contributed by atoms with Gasteiger partial charge in [0.25, 0.3) is 11.8 Å². The molecule has 6 rings (SSSR count). The SMILES string of the molecule is O=C1c2c(Cl)c(Cl)c(Cl)c(Cl)c2C(=O)N1c1cccc2ccc(C3(O)C(=O)c4c(Cl)c(Cl)c(Cl)c(Cl)c4C3=O)nc12. The number of para-hydroxylation sites is 1. The molecule has 0 atom stereocenters. The summed E-state index contributed by atoms with van der Waals surface area (Å²) < 4.78 is 0. The number of pyridine rings is 1. The van der Waals surface area contributed by atoms with E-state index < -0.39 is 45.8 Å². The Kier molecular flexibility index (Phi) is 6.83. The van der Waals surface area contributed by atoms with E-state index in [1.54, 1.807) is 6.07 Å². The van der Waals surface area contributed by atoms with Gasteiger partial charge in [0.05, 0.1) is 79.3 Å². The fourth-order valence-electron chi connectivity index (χ4n) is 4.84. The number of nitrogens with zero attached hydrogens (tertiary/aromatic N) is 2. The van der Waals surface area contributed by atoms with E-state index in [0.29, 0.717) is 5.39 Å².